The largest absolute Gasteiger partial charge is 0.351 e. The number of rotatable bonds is 3. The third-order valence-electron chi connectivity index (χ3n) is 0.579. The molecule has 0 aliphatic heterocycles. The van der Waals surface area contributed by atoms with Crippen molar-refractivity contribution in [3.63, 3.8) is 0 Å². The zero-order valence-electron chi connectivity index (χ0n) is 7.93. The topological polar surface area (TPSA) is 32.3 Å². The van der Waals surface area contributed by atoms with Crippen molar-refractivity contribution >= 4 is 17.5 Å². The van der Waals surface area contributed by atoms with Gasteiger partial charge in [-0.3, -0.25) is 4.79 Å². The van der Waals surface area contributed by atoms with E-state index >= 15 is 0 Å². The van der Waals surface area contributed by atoms with Gasteiger partial charge in [-0.15, -0.1) is 11.6 Å². The van der Waals surface area contributed by atoms with Gasteiger partial charge in [0.15, 0.2) is 0 Å². The van der Waals surface area contributed by atoms with E-state index in [0.29, 0.717) is 12.4 Å². The molecule has 1 amide bonds. The van der Waals surface area contributed by atoms with Crippen LogP contribution in [-0.4, -0.2) is 44.4 Å². The maximum atomic E-state index is 10.3. The summed E-state index contributed by atoms with van der Waals surface area (Å²) in [6.07, 6.45) is 1.21. The molecule has 0 unspecified atom stereocenters. The van der Waals surface area contributed by atoms with Crippen LogP contribution in [0.15, 0.2) is 12.7 Å². The van der Waals surface area contributed by atoms with Crippen LogP contribution in [0.4, 0.5) is 0 Å². The average Bonchev–Trinajstić information content (AvgIpc) is 1.99. The second-order valence-corrected chi connectivity index (χ2v) is 2.90. The van der Waals surface area contributed by atoms with Crippen molar-refractivity contribution < 1.29 is 4.79 Å². The first-order chi connectivity index (χ1) is 5.54. The highest BCUT2D eigenvalue weighted by Crippen LogP contribution is 1.70. The number of nitrogens with zero attached hydrogens (tertiary/aromatic N) is 1. The Morgan fingerprint density at radius 2 is 2.00 bits per heavy atom. The van der Waals surface area contributed by atoms with Crippen LogP contribution in [0.2, 0.25) is 0 Å². The highest BCUT2D eigenvalue weighted by atomic mass is 35.5. The molecule has 4 heteroatoms. The molecule has 0 bridgehead atoms. The van der Waals surface area contributed by atoms with Crippen LogP contribution < -0.4 is 5.32 Å². The van der Waals surface area contributed by atoms with Gasteiger partial charge in [0.2, 0.25) is 5.91 Å². The predicted octanol–water partition coefficient (Wildman–Crippen LogP) is 0.705. The van der Waals surface area contributed by atoms with Crippen molar-refractivity contribution in [1.29, 1.82) is 0 Å². The van der Waals surface area contributed by atoms with Crippen molar-refractivity contribution in [2.24, 2.45) is 0 Å². The van der Waals surface area contributed by atoms with Crippen molar-refractivity contribution in [2.75, 3.05) is 33.6 Å². The summed E-state index contributed by atoms with van der Waals surface area (Å²) in [4.78, 5) is 12.3. The Morgan fingerprint density at radius 1 is 1.58 bits per heavy atom. The lowest BCUT2D eigenvalue weighted by Crippen LogP contribution is -2.22. The first kappa shape index (κ1) is 14.0. The minimum absolute atomic E-state index is 0.175. The van der Waals surface area contributed by atoms with E-state index in [-0.39, 0.29) is 5.91 Å². The molecule has 0 aliphatic carbocycles. The first-order valence-corrected chi connectivity index (χ1v) is 4.15. The van der Waals surface area contributed by atoms with Crippen LogP contribution in [0.3, 0.4) is 0 Å². The molecule has 0 saturated carbocycles. The van der Waals surface area contributed by atoms with E-state index in [1.54, 1.807) is 0 Å². The van der Waals surface area contributed by atoms with Crippen LogP contribution >= 0.6 is 11.6 Å². The van der Waals surface area contributed by atoms with Gasteiger partial charge in [-0.05, 0) is 27.2 Å². The van der Waals surface area contributed by atoms with E-state index < -0.39 is 0 Å². The minimum atomic E-state index is -0.175. The third kappa shape index (κ3) is 22.7. The monoisotopic (exact) mass is 192 g/mol. The molecule has 12 heavy (non-hydrogen) atoms. The quantitative estimate of drug-likeness (QED) is 0.528. The molecule has 3 nitrogen and oxygen atoms in total. The molecule has 72 valence electrons. The molecular weight excluding hydrogens is 176 g/mol. The second kappa shape index (κ2) is 10.5. The zero-order chi connectivity index (χ0) is 9.98. The van der Waals surface area contributed by atoms with Gasteiger partial charge in [0.05, 0.1) is 0 Å². The Hall–Kier alpha value is -0.540. The number of halogens is 1. The van der Waals surface area contributed by atoms with Gasteiger partial charge in [0.1, 0.15) is 0 Å². The molecule has 0 atom stereocenters. The fourth-order valence-corrected chi connectivity index (χ4v) is 0.337. The van der Waals surface area contributed by atoms with Crippen molar-refractivity contribution in [2.45, 2.75) is 0 Å². The van der Waals surface area contributed by atoms with Gasteiger partial charge in [0.25, 0.3) is 0 Å². The van der Waals surface area contributed by atoms with E-state index in [0.717, 1.165) is 0 Å². The van der Waals surface area contributed by atoms with Crippen molar-refractivity contribution in [3.05, 3.63) is 12.7 Å². The molecule has 0 aromatic carbocycles. The Labute approximate surface area is 79.4 Å². The van der Waals surface area contributed by atoms with E-state index in [9.17, 15) is 4.79 Å². The van der Waals surface area contributed by atoms with Crippen LogP contribution in [0.5, 0.6) is 0 Å². The number of carbonyl (C=O) groups is 1. The van der Waals surface area contributed by atoms with Gasteiger partial charge in [-0.25, -0.2) is 0 Å². The van der Waals surface area contributed by atoms with Gasteiger partial charge in [-0.2, -0.15) is 0 Å². The predicted molar refractivity (Wildman–Crippen MR) is 53.5 cm³/mol. The summed E-state index contributed by atoms with van der Waals surface area (Å²) in [5, 5.41) is 2.49. The lowest BCUT2D eigenvalue weighted by atomic mass is 10.6. The first-order valence-electron chi connectivity index (χ1n) is 3.61. The Morgan fingerprint density at radius 3 is 2.25 bits per heavy atom. The fourth-order valence-electron chi connectivity index (χ4n) is 0.243. The molecule has 0 aliphatic rings. The summed E-state index contributed by atoms with van der Waals surface area (Å²) >= 11 is 5.25. The van der Waals surface area contributed by atoms with Crippen molar-refractivity contribution in [1.82, 2.24) is 10.2 Å². The average molecular weight is 193 g/mol. The molecule has 0 rings (SSSR count). The standard InChI is InChI=1S/C5H8ClNO.C3H9N/c1-2-5(8)7-4-3-6;1-4(2)3/h2H,1,3-4H2,(H,7,8);1-3H3. The molecule has 0 heterocycles. The van der Waals surface area contributed by atoms with Crippen LogP contribution in [0.1, 0.15) is 0 Å². The minimum Gasteiger partial charge on any atom is -0.351 e. The molecule has 0 aromatic heterocycles. The number of alkyl halides is 1. The lowest BCUT2D eigenvalue weighted by molar-refractivity contribution is -0.116. The van der Waals surface area contributed by atoms with Gasteiger partial charge >= 0.3 is 0 Å². The number of hydrogen-bond acceptors (Lipinski definition) is 2. The SMILES string of the molecule is C=CC(=O)NCCCl.CN(C)C. The van der Waals surface area contributed by atoms with Crippen LogP contribution in [0, 0.1) is 0 Å². The summed E-state index contributed by atoms with van der Waals surface area (Å²) in [5.41, 5.74) is 0. The number of hydrogen-bond donors (Lipinski definition) is 1. The highest BCUT2D eigenvalue weighted by Gasteiger charge is 1.87. The molecule has 0 fully saturated rings. The molecule has 1 N–H and O–H groups in total. The van der Waals surface area contributed by atoms with Crippen molar-refractivity contribution in [3.8, 4) is 0 Å². The van der Waals surface area contributed by atoms with E-state index in [1.165, 1.54) is 6.08 Å². The third-order valence-corrected chi connectivity index (χ3v) is 0.768. The van der Waals surface area contributed by atoms with Crippen LogP contribution in [0.25, 0.3) is 0 Å². The highest BCUT2D eigenvalue weighted by molar-refractivity contribution is 6.18. The molecular formula is C8H17ClN2O. The summed E-state index contributed by atoms with van der Waals surface area (Å²) in [5.74, 6) is 0.269. The van der Waals surface area contributed by atoms with Crippen LogP contribution in [-0.2, 0) is 4.79 Å². The van der Waals surface area contributed by atoms with Gasteiger partial charge in [-0.1, -0.05) is 6.58 Å². The maximum absolute atomic E-state index is 10.3. The van der Waals surface area contributed by atoms with E-state index in [4.69, 9.17) is 11.6 Å². The Bertz CT molecular complexity index is 123. The van der Waals surface area contributed by atoms with E-state index in [1.807, 2.05) is 26.0 Å². The molecule has 0 saturated heterocycles. The Kier molecular flexibility index (Phi) is 12.2. The van der Waals surface area contributed by atoms with Gasteiger partial charge < -0.3 is 10.2 Å². The zero-order valence-corrected chi connectivity index (χ0v) is 8.69. The van der Waals surface area contributed by atoms with Gasteiger partial charge in [0, 0.05) is 12.4 Å². The second-order valence-electron chi connectivity index (χ2n) is 2.53. The fraction of sp³-hybridized carbons (Fsp3) is 0.625. The lowest BCUT2D eigenvalue weighted by Gasteiger charge is -1.93. The summed E-state index contributed by atoms with van der Waals surface area (Å²) < 4.78 is 0. The number of amides is 1. The maximum Gasteiger partial charge on any atom is 0.243 e. The molecule has 0 aromatic rings. The number of nitrogens with one attached hydrogen (secondary N) is 1. The summed E-state index contributed by atoms with van der Waals surface area (Å²) in [7, 11) is 6.00. The van der Waals surface area contributed by atoms with E-state index in [2.05, 4.69) is 11.9 Å². The molecule has 0 radical (unpaired) electrons. The smallest absolute Gasteiger partial charge is 0.243 e. The normalized spacial score (nSPS) is 8.42. The molecule has 0 spiro atoms. The Balaban J connectivity index is 0. The number of carbonyl (C=O) groups excluding carboxylic acids is 1. The summed E-state index contributed by atoms with van der Waals surface area (Å²) in [6, 6.07) is 0. The summed E-state index contributed by atoms with van der Waals surface area (Å²) in [6.45, 7) is 3.76.